The highest BCUT2D eigenvalue weighted by Gasteiger charge is 2.16. The maximum absolute atomic E-state index is 12.8. The van der Waals surface area contributed by atoms with E-state index in [1.54, 1.807) is 24.3 Å². The maximum Gasteiger partial charge on any atom is 0.337 e. The van der Waals surface area contributed by atoms with Gasteiger partial charge in [-0.15, -0.1) is 0 Å². The lowest BCUT2D eigenvalue weighted by Crippen LogP contribution is -2.13. The number of carbonyl (C=O) groups excluding carboxylic acids is 2. The third kappa shape index (κ3) is 6.50. The van der Waals surface area contributed by atoms with Gasteiger partial charge in [0.2, 0.25) is 0 Å². The summed E-state index contributed by atoms with van der Waals surface area (Å²) in [7, 11) is 1.29. The van der Waals surface area contributed by atoms with Crippen LogP contribution in [0.4, 0.5) is 5.69 Å². The summed E-state index contributed by atoms with van der Waals surface area (Å²) in [6.45, 7) is 4.66. The van der Waals surface area contributed by atoms with Crippen molar-refractivity contribution in [3.63, 3.8) is 0 Å². The van der Waals surface area contributed by atoms with Crippen LogP contribution < -0.4 is 14.8 Å². The van der Waals surface area contributed by atoms with Crippen molar-refractivity contribution in [1.82, 2.24) is 0 Å². The van der Waals surface area contributed by atoms with Gasteiger partial charge < -0.3 is 19.5 Å². The Kier molecular flexibility index (Phi) is 9.20. The fourth-order valence-corrected chi connectivity index (χ4v) is 4.75. The maximum atomic E-state index is 12.8. The number of amides is 1. The fourth-order valence-electron chi connectivity index (χ4n) is 4.18. The summed E-state index contributed by atoms with van der Waals surface area (Å²) in [6.07, 6.45) is 1.48. The first-order valence-electron chi connectivity index (χ1n) is 12.5. The van der Waals surface area contributed by atoms with E-state index in [0.717, 1.165) is 21.9 Å². The number of benzene rings is 4. The topological polar surface area (TPSA) is 97.7 Å². The second kappa shape index (κ2) is 13.0. The van der Waals surface area contributed by atoms with Crippen LogP contribution in [0.15, 0.2) is 82.8 Å². The van der Waals surface area contributed by atoms with E-state index in [9.17, 15) is 14.9 Å². The second-order valence-electron chi connectivity index (χ2n) is 8.83. The van der Waals surface area contributed by atoms with Crippen molar-refractivity contribution in [2.45, 2.75) is 20.5 Å². The molecule has 0 atom stereocenters. The molecule has 0 saturated heterocycles. The molecule has 0 saturated carbocycles. The average Bonchev–Trinajstić information content (AvgIpc) is 2.96. The molecule has 4 aromatic rings. The number of nitrogens with one attached hydrogen (secondary N) is 1. The van der Waals surface area contributed by atoms with E-state index in [1.807, 2.05) is 25.1 Å². The fraction of sp³-hybridized carbons (Fsp3) is 0.156. The highest BCUT2D eigenvalue weighted by atomic mass is 79.9. The number of nitrogens with zero attached hydrogens (tertiary/aromatic N) is 1. The number of methoxy groups -OCH3 is 1. The van der Waals surface area contributed by atoms with E-state index < -0.39 is 11.9 Å². The van der Waals surface area contributed by atoms with Gasteiger partial charge in [0, 0.05) is 11.3 Å². The third-order valence-corrected chi connectivity index (χ3v) is 6.80. The summed E-state index contributed by atoms with van der Waals surface area (Å²) < 4.78 is 17.4. The smallest absolute Gasteiger partial charge is 0.337 e. The Hall–Kier alpha value is -4.61. The normalized spacial score (nSPS) is 11.0. The molecular weight excluding hydrogens is 572 g/mol. The van der Waals surface area contributed by atoms with E-state index in [0.29, 0.717) is 46.0 Å². The quantitative estimate of drug-likeness (QED) is 0.124. The summed E-state index contributed by atoms with van der Waals surface area (Å²) in [4.78, 5) is 24.4. The molecule has 4 aromatic carbocycles. The summed E-state index contributed by atoms with van der Waals surface area (Å²) in [5.41, 5.74) is 3.46. The first-order chi connectivity index (χ1) is 19.3. The number of hydrogen-bond acceptors (Lipinski definition) is 6. The lowest BCUT2D eigenvalue weighted by Gasteiger charge is -2.17. The summed E-state index contributed by atoms with van der Waals surface area (Å²) in [5, 5.41) is 14.6. The second-order valence-corrected chi connectivity index (χ2v) is 9.68. The minimum atomic E-state index is -0.589. The van der Waals surface area contributed by atoms with Crippen LogP contribution in [-0.2, 0) is 16.1 Å². The number of ether oxygens (including phenoxy) is 3. The number of hydrogen-bond donors (Lipinski definition) is 1. The Bertz CT molecular complexity index is 1640. The molecule has 7 nitrogen and oxygen atoms in total. The minimum Gasteiger partial charge on any atom is -0.490 e. The van der Waals surface area contributed by atoms with E-state index in [1.165, 1.54) is 25.3 Å². The van der Waals surface area contributed by atoms with Crippen LogP contribution in [0, 0.1) is 18.3 Å². The van der Waals surface area contributed by atoms with Crippen LogP contribution in [0.2, 0.25) is 0 Å². The van der Waals surface area contributed by atoms with E-state index in [4.69, 9.17) is 9.47 Å². The Balaban J connectivity index is 1.57. The van der Waals surface area contributed by atoms with Crippen LogP contribution >= 0.6 is 15.9 Å². The van der Waals surface area contributed by atoms with Gasteiger partial charge >= 0.3 is 5.97 Å². The summed E-state index contributed by atoms with van der Waals surface area (Å²) in [6, 6.07) is 24.0. The molecule has 4 rings (SSSR count). The average molecular weight is 599 g/mol. The molecule has 1 amide bonds. The molecule has 40 heavy (non-hydrogen) atoms. The number of carbonyl (C=O) groups is 2. The monoisotopic (exact) mass is 598 g/mol. The van der Waals surface area contributed by atoms with Gasteiger partial charge in [-0.1, -0.05) is 36.4 Å². The van der Waals surface area contributed by atoms with E-state index in [-0.39, 0.29) is 5.57 Å². The largest absolute Gasteiger partial charge is 0.490 e. The van der Waals surface area contributed by atoms with Crippen molar-refractivity contribution >= 4 is 50.3 Å². The predicted molar refractivity (Wildman–Crippen MR) is 158 cm³/mol. The number of fused-ring (bicyclic) bond motifs is 1. The zero-order valence-electron chi connectivity index (χ0n) is 22.3. The molecule has 0 fully saturated rings. The van der Waals surface area contributed by atoms with Gasteiger partial charge in [0.15, 0.2) is 11.5 Å². The highest BCUT2D eigenvalue weighted by molar-refractivity contribution is 9.10. The number of aryl methyl sites for hydroxylation is 1. The van der Waals surface area contributed by atoms with Crippen LogP contribution in [-0.4, -0.2) is 25.6 Å². The molecule has 0 spiro atoms. The van der Waals surface area contributed by atoms with Crippen molar-refractivity contribution in [3.05, 3.63) is 105 Å². The molecule has 1 N–H and O–H groups in total. The zero-order valence-corrected chi connectivity index (χ0v) is 23.9. The zero-order chi connectivity index (χ0) is 28.6. The number of halogens is 1. The van der Waals surface area contributed by atoms with Crippen LogP contribution in [0.5, 0.6) is 11.5 Å². The Morgan fingerprint density at radius 1 is 1.02 bits per heavy atom. The molecule has 0 unspecified atom stereocenters. The van der Waals surface area contributed by atoms with Gasteiger partial charge in [0.05, 0.1) is 23.8 Å². The summed E-state index contributed by atoms with van der Waals surface area (Å²) >= 11 is 3.58. The van der Waals surface area contributed by atoms with Crippen molar-refractivity contribution in [2.75, 3.05) is 19.0 Å². The van der Waals surface area contributed by atoms with E-state index >= 15 is 0 Å². The minimum absolute atomic E-state index is 0.105. The van der Waals surface area contributed by atoms with Gasteiger partial charge in [0.25, 0.3) is 5.91 Å². The SMILES string of the molecule is CCOc1cc(/C=C(\C#N)C(=O)Nc2ccc(C(=O)OC)cc2)cc(Br)c1OCc1c(C)ccc2ccccc12. The lowest BCUT2D eigenvalue weighted by molar-refractivity contribution is -0.112. The third-order valence-electron chi connectivity index (χ3n) is 6.21. The molecule has 0 heterocycles. The number of esters is 1. The first-order valence-corrected chi connectivity index (χ1v) is 13.3. The van der Waals surface area contributed by atoms with Crippen molar-refractivity contribution in [2.24, 2.45) is 0 Å². The molecule has 0 aliphatic heterocycles. The molecule has 0 aliphatic rings. The lowest BCUT2D eigenvalue weighted by atomic mass is 10.0. The van der Waals surface area contributed by atoms with Crippen LogP contribution in [0.1, 0.15) is 34.0 Å². The molecule has 8 heteroatoms. The highest BCUT2D eigenvalue weighted by Crippen LogP contribution is 2.38. The van der Waals surface area contributed by atoms with Crippen molar-refractivity contribution < 1.29 is 23.8 Å². The van der Waals surface area contributed by atoms with Gasteiger partial charge in [-0.05, 0) is 94.2 Å². The molecule has 0 aliphatic carbocycles. The van der Waals surface area contributed by atoms with E-state index in [2.05, 4.69) is 57.2 Å². The number of anilines is 1. The first kappa shape index (κ1) is 28.4. The molecule has 0 radical (unpaired) electrons. The Morgan fingerprint density at radius 3 is 2.48 bits per heavy atom. The van der Waals surface area contributed by atoms with Crippen molar-refractivity contribution in [3.8, 4) is 17.6 Å². The van der Waals surface area contributed by atoms with Crippen molar-refractivity contribution in [1.29, 1.82) is 5.26 Å². The van der Waals surface area contributed by atoms with Gasteiger partial charge in [0.1, 0.15) is 18.2 Å². The molecule has 0 bridgehead atoms. The van der Waals surface area contributed by atoms with Gasteiger partial charge in [-0.25, -0.2) is 4.79 Å². The van der Waals surface area contributed by atoms with Gasteiger partial charge in [-0.3, -0.25) is 4.79 Å². The molecule has 0 aromatic heterocycles. The number of rotatable bonds is 9. The molecular formula is C32H27BrN2O5. The Labute approximate surface area is 241 Å². The molecule has 202 valence electrons. The summed E-state index contributed by atoms with van der Waals surface area (Å²) in [5.74, 6) is -0.0582. The predicted octanol–water partition coefficient (Wildman–Crippen LogP) is 7.22. The van der Waals surface area contributed by atoms with Crippen LogP contribution in [0.3, 0.4) is 0 Å². The van der Waals surface area contributed by atoms with Crippen LogP contribution in [0.25, 0.3) is 16.8 Å². The number of nitriles is 1. The Morgan fingerprint density at radius 2 is 1.77 bits per heavy atom. The van der Waals surface area contributed by atoms with Gasteiger partial charge in [-0.2, -0.15) is 5.26 Å². The standard InChI is InChI=1S/C32H27BrN2O5/c1-4-39-29-17-21(15-24(18-34)31(36)35-25-13-11-23(12-14-25)32(37)38-3)16-28(33)30(29)40-19-27-20(2)9-10-22-7-5-6-8-26(22)27/h5-17H,4,19H2,1-3H3,(H,35,36)/b24-15+.